The summed E-state index contributed by atoms with van der Waals surface area (Å²) < 4.78 is 16.9. The molecule has 1 aliphatic rings. The summed E-state index contributed by atoms with van der Waals surface area (Å²) in [6.45, 7) is 12.4. The highest BCUT2D eigenvalue weighted by Crippen LogP contribution is 2.46. The standard InChI is InChI=1S/C34H40O5/c1-6-37-21-18-28(26-14-17-29-30(22-26)34(4,5)20-19-33(29,2)3)32(36)39-27-15-12-24(13-16-27)23-38-31(35)25-10-8-7-9-11-25/h7-17,22,28H,6,18-21,23H2,1-5H3. The summed E-state index contributed by atoms with van der Waals surface area (Å²) in [5.74, 6) is -0.654. The second kappa shape index (κ2) is 12.2. The summed E-state index contributed by atoms with van der Waals surface area (Å²) in [5, 5.41) is 0. The minimum atomic E-state index is -0.436. The molecule has 0 spiro atoms. The van der Waals surface area contributed by atoms with Crippen LogP contribution >= 0.6 is 0 Å². The Hall–Kier alpha value is -3.44. The number of hydrogen-bond acceptors (Lipinski definition) is 5. The van der Waals surface area contributed by atoms with Gasteiger partial charge in [0.05, 0.1) is 11.5 Å². The highest BCUT2D eigenvalue weighted by molar-refractivity contribution is 5.89. The van der Waals surface area contributed by atoms with Crippen molar-refractivity contribution in [2.24, 2.45) is 0 Å². The monoisotopic (exact) mass is 528 g/mol. The molecule has 3 aromatic rings. The van der Waals surface area contributed by atoms with E-state index in [2.05, 4.69) is 45.9 Å². The summed E-state index contributed by atoms with van der Waals surface area (Å²) in [6.07, 6.45) is 2.80. The van der Waals surface area contributed by atoms with Crippen molar-refractivity contribution in [1.29, 1.82) is 0 Å². The highest BCUT2D eigenvalue weighted by atomic mass is 16.5. The predicted molar refractivity (Wildman–Crippen MR) is 153 cm³/mol. The third-order valence-electron chi connectivity index (χ3n) is 7.84. The minimum absolute atomic E-state index is 0.0506. The molecule has 0 aromatic heterocycles. The molecule has 4 rings (SSSR count). The Morgan fingerprint density at radius 2 is 1.51 bits per heavy atom. The van der Waals surface area contributed by atoms with Crippen LogP contribution in [0, 0.1) is 0 Å². The zero-order valence-corrected chi connectivity index (χ0v) is 23.8. The SMILES string of the molecule is CCOCCC(C(=O)Oc1ccc(COC(=O)c2ccccc2)cc1)c1ccc2c(c1)C(C)(C)CCC2(C)C. The number of carbonyl (C=O) groups excluding carboxylic acids is 2. The normalized spacial score (nSPS) is 16.1. The van der Waals surface area contributed by atoms with Gasteiger partial charge in [-0.15, -0.1) is 0 Å². The Balaban J connectivity index is 1.47. The van der Waals surface area contributed by atoms with Crippen LogP contribution < -0.4 is 4.74 Å². The molecule has 39 heavy (non-hydrogen) atoms. The fourth-order valence-electron chi connectivity index (χ4n) is 5.24. The van der Waals surface area contributed by atoms with Crippen LogP contribution in [0.25, 0.3) is 0 Å². The topological polar surface area (TPSA) is 61.8 Å². The van der Waals surface area contributed by atoms with Crippen molar-refractivity contribution in [2.45, 2.75) is 77.2 Å². The van der Waals surface area contributed by atoms with Gasteiger partial charge in [-0.05, 0) is 83.5 Å². The first-order chi connectivity index (χ1) is 18.6. The zero-order chi connectivity index (χ0) is 28.0. The van der Waals surface area contributed by atoms with E-state index in [4.69, 9.17) is 14.2 Å². The lowest BCUT2D eigenvalue weighted by Crippen LogP contribution is -2.34. The fraction of sp³-hybridized carbons (Fsp3) is 0.412. The van der Waals surface area contributed by atoms with Gasteiger partial charge in [0.1, 0.15) is 12.4 Å². The Kier molecular flexibility index (Phi) is 8.91. The fourth-order valence-corrected chi connectivity index (χ4v) is 5.24. The van der Waals surface area contributed by atoms with E-state index in [9.17, 15) is 9.59 Å². The van der Waals surface area contributed by atoms with Gasteiger partial charge in [-0.25, -0.2) is 4.79 Å². The quantitative estimate of drug-likeness (QED) is 0.155. The minimum Gasteiger partial charge on any atom is -0.457 e. The van der Waals surface area contributed by atoms with E-state index >= 15 is 0 Å². The van der Waals surface area contributed by atoms with Crippen LogP contribution in [-0.4, -0.2) is 25.2 Å². The number of ether oxygens (including phenoxy) is 3. The predicted octanol–water partition coefficient (Wildman–Crippen LogP) is 7.51. The van der Waals surface area contributed by atoms with Gasteiger partial charge in [-0.1, -0.05) is 76.2 Å². The molecule has 0 saturated carbocycles. The molecule has 3 aromatic carbocycles. The Bertz CT molecular complexity index is 1270. The molecule has 0 saturated heterocycles. The molecule has 1 atom stereocenters. The molecule has 5 nitrogen and oxygen atoms in total. The van der Waals surface area contributed by atoms with Crippen LogP contribution in [-0.2, 0) is 31.7 Å². The number of benzene rings is 3. The van der Waals surface area contributed by atoms with Crippen molar-refractivity contribution in [3.05, 3.63) is 101 Å². The number of esters is 2. The molecule has 0 aliphatic heterocycles. The van der Waals surface area contributed by atoms with E-state index in [1.165, 1.54) is 11.1 Å². The summed E-state index contributed by atoms with van der Waals surface area (Å²) >= 11 is 0. The average Bonchev–Trinajstić information content (AvgIpc) is 2.93. The molecule has 1 unspecified atom stereocenters. The zero-order valence-electron chi connectivity index (χ0n) is 23.8. The molecule has 0 bridgehead atoms. The maximum atomic E-state index is 13.5. The van der Waals surface area contributed by atoms with Gasteiger partial charge in [-0.2, -0.15) is 0 Å². The van der Waals surface area contributed by atoms with E-state index in [0.717, 1.165) is 24.0 Å². The van der Waals surface area contributed by atoms with E-state index in [1.54, 1.807) is 48.5 Å². The second-order valence-electron chi connectivity index (χ2n) is 11.6. The molecule has 0 amide bonds. The Morgan fingerprint density at radius 1 is 0.846 bits per heavy atom. The molecular formula is C34H40O5. The van der Waals surface area contributed by atoms with E-state index in [1.807, 2.05) is 13.0 Å². The van der Waals surface area contributed by atoms with Crippen LogP contribution in [0.4, 0.5) is 0 Å². The highest BCUT2D eigenvalue weighted by Gasteiger charge is 2.37. The molecule has 206 valence electrons. The van der Waals surface area contributed by atoms with Crippen molar-refractivity contribution in [3.8, 4) is 5.75 Å². The van der Waals surface area contributed by atoms with Crippen LogP contribution in [0.2, 0.25) is 0 Å². The van der Waals surface area contributed by atoms with E-state index in [0.29, 0.717) is 30.9 Å². The lowest BCUT2D eigenvalue weighted by atomic mass is 9.62. The number of fused-ring (bicyclic) bond motifs is 1. The van der Waals surface area contributed by atoms with Gasteiger partial charge < -0.3 is 14.2 Å². The molecule has 1 aliphatic carbocycles. The van der Waals surface area contributed by atoms with Crippen LogP contribution in [0.3, 0.4) is 0 Å². The Labute approximate surface area is 232 Å². The summed E-state index contributed by atoms with van der Waals surface area (Å²) in [6, 6.07) is 22.5. The summed E-state index contributed by atoms with van der Waals surface area (Å²) in [7, 11) is 0. The van der Waals surface area contributed by atoms with Crippen molar-refractivity contribution in [1.82, 2.24) is 0 Å². The maximum absolute atomic E-state index is 13.5. The third-order valence-corrected chi connectivity index (χ3v) is 7.84. The van der Waals surface area contributed by atoms with E-state index < -0.39 is 5.92 Å². The number of hydrogen-bond donors (Lipinski definition) is 0. The first-order valence-electron chi connectivity index (χ1n) is 13.9. The molecule has 0 heterocycles. The number of rotatable bonds is 10. The molecule has 5 heteroatoms. The second-order valence-corrected chi connectivity index (χ2v) is 11.6. The lowest BCUT2D eigenvalue weighted by molar-refractivity contribution is -0.136. The lowest BCUT2D eigenvalue weighted by Gasteiger charge is -2.42. The van der Waals surface area contributed by atoms with Gasteiger partial charge in [0.25, 0.3) is 0 Å². The summed E-state index contributed by atoms with van der Waals surface area (Å²) in [5.41, 5.74) is 5.13. The van der Waals surface area contributed by atoms with Crippen LogP contribution in [0.1, 0.15) is 92.4 Å². The largest absolute Gasteiger partial charge is 0.457 e. The van der Waals surface area contributed by atoms with Gasteiger partial charge in [0.15, 0.2) is 0 Å². The van der Waals surface area contributed by atoms with Gasteiger partial charge in [0, 0.05) is 13.2 Å². The van der Waals surface area contributed by atoms with Gasteiger partial charge in [-0.3, -0.25) is 4.79 Å². The van der Waals surface area contributed by atoms with Crippen molar-refractivity contribution >= 4 is 11.9 Å². The van der Waals surface area contributed by atoms with Gasteiger partial charge in [0.2, 0.25) is 0 Å². The van der Waals surface area contributed by atoms with Crippen molar-refractivity contribution in [2.75, 3.05) is 13.2 Å². The first kappa shape index (κ1) is 28.6. The molecule has 0 N–H and O–H groups in total. The molecular weight excluding hydrogens is 488 g/mol. The Morgan fingerprint density at radius 3 is 2.18 bits per heavy atom. The van der Waals surface area contributed by atoms with Crippen molar-refractivity contribution < 1.29 is 23.8 Å². The summed E-state index contributed by atoms with van der Waals surface area (Å²) in [4.78, 5) is 25.7. The van der Waals surface area contributed by atoms with Crippen molar-refractivity contribution in [3.63, 3.8) is 0 Å². The third kappa shape index (κ3) is 6.96. The number of carbonyl (C=O) groups is 2. The average molecular weight is 529 g/mol. The van der Waals surface area contributed by atoms with Gasteiger partial charge >= 0.3 is 11.9 Å². The smallest absolute Gasteiger partial charge is 0.338 e. The van der Waals surface area contributed by atoms with E-state index in [-0.39, 0.29) is 29.4 Å². The molecule has 0 radical (unpaired) electrons. The maximum Gasteiger partial charge on any atom is 0.338 e. The first-order valence-corrected chi connectivity index (χ1v) is 13.9. The van der Waals surface area contributed by atoms with Crippen LogP contribution in [0.5, 0.6) is 5.75 Å². The van der Waals surface area contributed by atoms with Crippen LogP contribution in [0.15, 0.2) is 72.8 Å². The molecule has 0 fully saturated rings.